The van der Waals surface area contributed by atoms with E-state index in [0.717, 1.165) is 0 Å². The third-order valence-electron chi connectivity index (χ3n) is 1.02. The first kappa shape index (κ1) is 12.0. The largest absolute Gasteiger partial charge is 0.696 e. The van der Waals surface area contributed by atoms with Crippen LogP contribution in [0.3, 0.4) is 0 Å². The van der Waals surface area contributed by atoms with Crippen molar-refractivity contribution in [1.82, 2.24) is 5.32 Å². The van der Waals surface area contributed by atoms with Gasteiger partial charge in [0.25, 0.3) is 0 Å². The maximum absolute atomic E-state index is 9.88. The molecule has 0 aromatic rings. The van der Waals surface area contributed by atoms with Crippen LogP contribution in [0, 0.1) is 0 Å². The zero-order chi connectivity index (χ0) is 9.94. The predicted octanol–water partition coefficient (Wildman–Crippen LogP) is 2.11. The summed E-state index contributed by atoms with van der Waals surface area (Å²) in [7, 11) is 0.817. The van der Waals surface area contributed by atoms with Crippen LogP contribution in [0.25, 0.3) is 0 Å². The summed E-state index contributed by atoms with van der Waals surface area (Å²) in [5.74, 6) is 0. The summed E-state index contributed by atoms with van der Waals surface area (Å²) in [6.07, 6.45) is 11.6. The maximum atomic E-state index is 9.88. The second-order valence-electron chi connectivity index (χ2n) is 1.86. The molecule has 0 spiro atoms. The summed E-state index contributed by atoms with van der Waals surface area (Å²) < 4.78 is 18.3. The van der Waals surface area contributed by atoms with E-state index in [-0.39, 0.29) is 0 Å². The molecule has 0 aliphatic carbocycles. The van der Waals surface area contributed by atoms with E-state index < -0.39 is 8.25 Å². The standard InChI is InChI=1S/C6H7N.C2H6O3P/c1-2-4-6-7-5-3-1;1-4-6(3)5-2/h1-7H;1-2H3/q;+1. The first-order valence-corrected chi connectivity index (χ1v) is 4.70. The number of hydrogen-bond acceptors (Lipinski definition) is 4. The number of rotatable bonds is 2. The van der Waals surface area contributed by atoms with Gasteiger partial charge in [0.2, 0.25) is 0 Å². The Bertz CT molecular complexity index is 203. The van der Waals surface area contributed by atoms with Crippen LogP contribution >= 0.6 is 8.25 Å². The third kappa shape index (κ3) is 8.95. The predicted molar refractivity (Wildman–Crippen MR) is 52.2 cm³/mol. The fraction of sp³-hybridized carbons (Fsp3) is 0.250. The van der Waals surface area contributed by atoms with Gasteiger partial charge in [0.05, 0.1) is 14.2 Å². The second-order valence-corrected chi connectivity index (χ2v) is 3.04. The molecule has 0 bridgehead atoms. The lowest BCUT2D eigenvalue weighted by atomic mass is 10.5. The van der Waals surface area contributed by atoms with Gasteiger partial charge in [0, 0.05) is 17.0 Å². The van der Waals surface area contributed by atoms with Gasteiger partial charge in [-0.2, -0.15) is 0 Å². The van der Waals surface area contributed by atoms with Gasteiger partial charge in [-0.05, 0) is 12.2 Å². The van der Waals surface area contributed by atoms with Crippen LogP contribution in [0.4, 0.5) is 0 Å². The van der Waals surface area contributed by atoms with E-state index in [1.54, 1.807) is 0 Å². The van der Waals surface area contributed by atoms with E-state index in [4.69, 9.17) is 0 Å². The number of nitrogens with one attached hydrogen (secondary N) is 1. The Hall–Kier alpha value is -0.960. The minimum Gasteiger partial charge on any atom is -0.368 e. The fourth-order valence-electron chi connectivity index (χ4n) is 0.481. The van der Waals surface area contributed by atoms with Crippen molar-refractivity contribution in [3.05, 3.63) is 36.7 Å². The van der Waals surface area contributed by atoms with Gasteiger partial charge in [-0.3, -0.25) is 0 Å². The smallest absolute Gasteiger partial charge is 0.368 e. The highest BCUT2D eigenvalue weighted by atomic mass is 31.1. The van der Waals surface area contributed by atoms with Crippen molar-refractivity contribution in [1.29, 1.82) is 0 Å². The average molecular weight is 202 g/mol. The molecular weight excluding hydrogens is 189 g/mol. The van der Waals surface area contributed by atoms with Crippen molar-refractivity contribution in [2.75, 3.05) is 14.2 Å². The van der Waals surface area contributed by atoms with Crippen molar-refractivity contribution in [3.63, 3.8) is 0 Å². The normalized spacial score (nSPS) is 12.5. The molecule has 0 aromatic carbocycles. The summed E-state index contributed by atoms with van der Waals surface area (Å²) in [6, 6.07) is 0. The molecule has 5 heteroatoms. The molecule has 1 aliphatic heterocycles. The molecule has 0 unspecified atom stereocenters. The summed E-state index contributed by atoms with van der Waals surface area (Å²) >= 11 is 0. The molecule has 0 aromatic heterocycles. The molecule has 1 heterocycles. The number of hydrogen-bond donors (Lipinski definition) is 1. The van der Waals surface area contributed by atoms with Gasteiger partial charge >= 0.3 is 8.25 Å². The SMILES string of the molecule is C1=CC=CNC=C1.CO[P+](=O)OC. The minimum absolute atomic E-state index is 1.32. The maximum Gasteiger partial charge on any atom is 0.696 e. The Morgan fingerprint density at radius 3 is 1.77 bits per heavy atom. The summed E-state index contributed by atoms with van der Waals surface area (Å²) in [4.78, 5) is 0. The molecule has 0 saturated carbocycles. The first-order valence-electron chi connectivity index (χ1n) is 3.61. The van der Waals surface area contributed by atoms with Crippen LogP contribution in [-0.4, -0.2) is 14.2 Å². The lowest BCUT2D eigenvalue weighted by Gasteiger charge is -1.79. The molecule has 1 N–H and O–H groups in total. The van der Waals surface area contributed by atoms with Crippen molar-refractivity contribution < 1.29 is 13.6 Å². The zero-order valence-corrected chi connectivity index (χ0v) is 8.53. The Kier molecular flexibility index (Phi) is 8.46. The molecule has 0 amide bonds. The molecule has 0 radical (unpaired) electrons. The summed E-state index contributed by atoms with van der Waals surface area (Å²) in [6.45, 7) is 0. The highest BCUT2D eigenvalue weighted by Gasteiger charge is 2.10. The molecule has 4 nitrogen and oxygen atoms in total. The highest BCUT2D eigenvalue weighted by molar-refractivity contribution is 7.33. The number of allylic oxidation sites excluding steroid dienone is 4. The Morgan fingerprint density at radius 2 is 1.46 bits per heavy atom. The molecule has 0 saturated heterocycles. The lowest BCUT2D eigenvalue weighted by Crippen LogP contribution is -1.87. The zero-order valence-electron chi connectivity index (χ0n) is 7.64. The van der Waals surface area contributed by atoms with Crippen molar-refractivity contribution in [2.24, 2.45) is 0 Å². The van der Waals surface area contributed by atoms with Crippen LogP contribution in [0.15, 0.2) is 36.7 Å². The van der Waals surface area contributed by atoms with Crippen molar-refractivity contribution in [2.45, 2.75) is 0 Å². The van der Waals surface area contributed by atoms with Gasteiger partial charge < -0.3 is 5.32 Å². The van der Waals surface area contributed by atoms with Gasteiger partial charge in [0.15, 0.2) is 0 Å². The quantitative estimate of drug-likeness (QED) is 0.696. The van der Waals surface area contributed by atoms with Crippen molar-refractivity contribution >= 4 is 8.25 Å². The van der Waals surface area contributed by atoms with Gasteiger partial charge in [0.1, 0.15) is 0 Å². The molecule has 1 rings (SSSR count). The lowest BCUT2D eigenvalue weighted by molar-refractivity contribution is 0.302. The Morgan fingerprint density at radius 1 is 1.00 bits per heavy atom. The van der Waals surface area contributed by atoms with E-state index in [1.165, 1.54) is 14.2 Å². The minimum atomic E-state index is -1.83. The van der Waals surface area contributed by atoms with Crippen LogP contribution in [-0.2, 0) is 13.6 Å². The van der Waals surface area contributed by atoms with E-state index in [0.29, 0.717) is 0 Å². The Labute approximate surface area is 78.9 Å². The van der Waals surface area contributed by atoms with Gasteiger partial charge in [-0.15, -0.1) is 9.05 Å². The molecule has 72 valence electrons. The van der Waals surface area contributed by atoms with Crippen LogP contribution in [0.5, 0.6) is 0 Å². The first-order chi connectivity index (χ1) is 6.31. The van der Waals surface area contributed by atoms with Crippen molar-refractivity contribution in [3.8, 4) is 0 Å². The van der Waals surface area contributed by atoms with Crippen LogP contribution in [0.1, 0.15) is 0 Å². The van der Waals surface area contributed by atoms with Crippen LogP contribution in [0.2, 0.25) is 0 Å². The highest BCUT2D eigenvalue weighted by Crippen LogP contribution is 2.18. The Balaban J connectivity index is 0.000000226. The van der Waals surface area contributed by atoms with Gasteiger partial charge in [-0.1, -0.05) is 12.2 Å². The second kappa shape index (κ2) is 9.13. The third-order valence-corrected chi connectivity index (χ3v) is 1.61. The monoisotopic (exact) mass is 202 g/mol. The summed E-state index contributed by atoms with van der Waals surface area (Å²) in [5, 5.41) is 2.92. The average Bonchev–Trinajstić information content (AvgIpc) is 2.49. The fourth-order valence-corrected chi connectivity index (χ4v) is 0.630. The van der Waals surface area contributed by atoms with E-state index >= 15 is 0 Å². The topological polar surface area (TPSA) is 47.6 Å². The van der Waals surface area contributed by atoms with Gasteiger partial charge in [-0.25, -0.2) is 0 Å². The molecule has 0 atom stereocenters. The van der Waals surface area contributed by atoms with Crippen LogP contribution < -0.4 is 5.32 Å². The summed E-state index contributed by atoms with van der Waals surface area (Å²) in [5.41, 5.74) is 0. The van der Waals surface area contributed by atoms with E-state index in [1.807, 2.05) is 36.7 Å². The molecule has 13 heavy (non-hydrogen) atoms. The molecular formula is C8H13NO3P+. The van der Waals surface area contributed by atoms with E-state index in [2.05, 4.69) is 14.4 Å². The molecule has 1 aliphatic rings. The molecule has 0 fully saturated rings. The van der Waals surface area contributed by atoms with E-state index in [9.17, 15) is 4.57 Å².